The quantitative estimate of drug-likeness (QED) is 0.463. The second-order valence-electron chi connectivity index (χ2n) is 4.54. The first-order valence-electron chi connectivity index (χ1n) is 5.42. The molecule has 1 aromatic heterocycles. The number of H-pyrrole nitrogens is 1. The summed E-state index contributed by atoms with van der Waals surface area (Å²) in [5.41, 5.74) is 3.46. The summed E-state index contributed by atoms with van der Waals surface area (Å²) < 4.78 is 6.44. The highest BCUT2D eigenvalue weighted by Crippen LogP contribution is 2.35. The van der Waals surface area contributed by atoms with Gasteiger partial charge in [0.25, 0.3) is 5.56 Å². The molecule has 8 heteroatoms. The number of aromatic nitrogens is 2. The fourth-order valence-corrected chi connectivity index (χ4v) is 2.05. The van der Waals surface area contributed by atoms with Crippen LogP contribution >= 0.6 is 0 Å². The first-order valence-corrected chi connectivity index (χ1v) is 5.42. The Morgan fingerprint density at radius 3 is 2.78 bits per heavy atom. The number of nitrogens with zero attached hydrogens (tertiary/aromatic N) is 1. The first-order chi connectivity index (χ1) is 8.37. The highest BCUT2D eigenvalue weighted by molar-refractivity contribution is 5.03. The van der Waals surface area contributed by atoms with E-state index < -0.39 is 41.8 Å². The summed E-state index contributed by atoms with van der Waals surface area (Å²) in [7, 11) is 0. The Labute approximate surface area is 102 Å². The van der Waals surface area contributed by atoms with Crippen LogP contribution < -0.4 is 17.0 Å². The van der Waals surface area contributed by atoms with E-state index in [-0.39, 0.29) is 0 Å². The van der Waals surface area contributed by atoms with E-state index >= 15 is 0 Å². The predicted molar refractivity (Wildman–Crippen MR) is 60.9 cm³/mol. The molecule has 5 N–H and O–H groups in total. The van der Waals surface area contributed by atoms with Gasteiger partial charge in [0.2, 0.25) is 0 Å². The molecule has 0 amide bonds. The van der Waals surface area contributed by atoms with E-state index in [1.165, 1.54) is 13.1 Å². The van der Waals surface area contributed by atoms with E-state index in [0.29, 0.717) is 0 Å². The SMILES string of the molecule is C[C@]1(N)C(n2ccc(=O)[nH]c2=O)O[C@H](CO)[C@H]1O. The largest absolute Gasteiger partial charge is 0.394 e. The summed E-state index contributed by atoms with van der Waals surface area (Å²) in [4.78, 5) is 24.7. The summed E-state index contributed by atoms with van der Waals surface area (Å²) in [6.45, 7) is 1.10. The lowest BCUT2D eigenvalue weighted by Crippen LogP contribution is -2.53. The zero-order chi connectivity index (χ0) is 13.5. The molecule has 0 saturated carbocycles. The summed E-state index contributed by atoms with van der Waals surface area (Å²) >= 11 is 0. The van der Waals surface area contributed by atoms with Gasteiger partial charge in [-0.05, 0) is 6.92 Å². The van der Waals surface area contributed by atoms with Gasteiger partial charge in [-0.1, -0.05) is 0 Å². The van der Waals surface area contributed by atoms with Crippen LogP contribution in [0, 0.1) is 0 Å². The standard InChI is InChI=1S/C10H15N3O5/c1-10(11)7(16)5(4-14)18-8(10)13-3-2-6(15)12-9(13)17/h2-3,5,7-8,14,16H,4,11H2,1H3,(H,12,15,17)/t5-,7-,8?,10-/m1/s1. The Bertz CT molecular complexity index is 549. The summed E-state index contributed by atoms with van der Waals surface area (Å²) in [6.07, 6.45) is -1.71. The van der Waals surface area contributed by atoms with E-state index in [9.17, 15) is 14.7 Å². The van der Waals surface area contributed by atoms with Crippen molar-refractivity contribution in [3.05, 3.63) is 33.1 Å². The molecule has 4 atom stereocenters. The van der Waals surface area contributed by atoms with Gasteiger partial charge in [-0.25, -0.2) is 4.79 Å². The Hall–Kier alpha value is -1.48. The fourth-order valence-electron chi connectivity index (χ4n) is 2.05. The first kappa shape index (κ1) is 13.0. The zero-order valence-corrected chi connectivity index (χ0v) is 9.74. The number of hydrogen-bond donors (Lipinski definition) is 4. The average Bonchev–Trinajstić information content (AvgIpc) is 2.52. The van der Waals surface area contributed by atoms with Crippen LogP contribution in [0.15, 0.2) is 21.9 Å². The maximum absolute atomic E-state index is 11.6. The molecule has 0 spiro atoms. The van der Waals surface area contributed by atoms with E-state index in [1.54, 1.807) is 0 Å². The third kappa shape index (κ3) is 1.89. The molecule has 1 unspecified atom stereocenters. The molecule has 1 aromatic rings. The molecule has 2 rings (SSSR count). The van der Waals surface area contributed by atoms with Crippen LogP contribution in [0.3, 0.4) is 0 Å². The zero-order valence-electron chi connectivity index (χ0n) is 9.74. The van der Waals surface area contributed by atoms with Gasteiger partial charge in [0.1, 0.15) is 12.2 Å². The highest BCUT2D eigenvalue weighted by Gasteiger charge is 2.51. The van der Waals surface area contributed by atoms with Crippen molar-refractivity contribution in [2.45, 2.75) is 30.9 Å². The van der Waals surface area contributed by atoms with E-state index in [4.69, 9.17) is 15.6 Å². The number of nitrogens with one attached hydrogen (secondary N) is 1. The van der Waals surface area contributed by atoms with E-state index in [2.05, 4.69) is 4.98 Å². The van der Waals surface area contributed by atoms with Crippen LogP contribution in [0.2, 0.25) is 0 Å². The number of aliphatic hydroxyl groups excluding tert-OH is 2. The van der Waals surface area contributed by atoms with Gasteiger partial charge in [0, 0.05) is 12.3 Å². The van der Waals surface area contributed by atoms with Crippen molar-refractivity contribution in [2.24, 2.45) is 5.73 Å². The molecule has 2 heterocycles. The molecular formula is C10H15N3O5. The molecule has 1 aliphatic rings. The van der Waals surface area contributed by atoms with E-state index in [0.717, 1.165) is 10.6 Å². The van der Waals surface area contributed by atoms with Crippen molar-refractivity contribution < 1.29 is 14.9 Å². The van der Waals surface area contributed by atoms with Gasteiger partial charge in [-0.15, -0.1) is 0 Å². The molecule has 0 bridgehead atoms. The van der Waals surface area contributed by atoms with Gasteiger partial charge in [0.15, 0.2) is 6.23 Å². The monoisotopic (exact) mass is 257 g/mol. The third-order valence-electron chi connectivity index (χ3n) is 3.11. The third-order valence-corrected chi connectivity index (χ3v) is 3.11. The molecule has 100 valence electrons. The summed E-state index contributed by atoms with van der Waals surface area (Å²) in [6, 6.07) is 1.15. The van der Waals surface area contributed by atoms with Crippen LogP contribution in [-0.2, 0) is 4.74 Å². The summed E-state index contributed by atoms with van der Waals surface area (Å²) in [5.74, 6) is 0. The Kier molecular flexibility index (Phi) is 3.11. The second kappa shape index (κ2) is 4.32. The van der Waals surface area contributed by atoms with Gasteiger partial charge in [-0.2, -0.15) is 0 Å². The molecule has 0 aliphatic carbocycles. The number of ether oxygens (including phenoxy) is 1. The molecule has 1 fully saturated rings. The highest BCUT2D eigenvalue weighted by atomic mass is 16.5. The van der Waals surface area contributed by atoms with Crippen LogP contribution in [0.25, 0.3) is 0 Å². The van der Waals surface area contributed by atoms with Gasteiger partial charge in [-0.3, -0.25) is 14.3 Å². The molecular weight excluding hydrogens is 242 g/mol. The number of aromatic amines is 1. The lowest BCUT2D eigenvalue weighted by atomic mass is 9.93. The molecule has 18 heavy (non-hydrogen) atoms. The lowest BCUT2D eigenvalue weighted by molar-refractivity contribution is -0.0487. The Morgan fingerprint density at radius 2 is 2.28 bits per heavy atom. The average molecular weight is 257 g/mol. The smallest absolute Gasteiger partial charge is 0.330 e. The number of rotatable bonds is 2. The topological polar surface area (TPSA) is 131 Å². The van der Waals surface area contributed by atoms with Crippen molar-refractivity contribution in [1.82, 2.24) is 9.55 Å². The Balaban J connectivity index is 2.45. The van der Waals surface area contributed by atoms with Crippen LogP contribution in [0.1, 0.15) is 13.2 Å². The molecule has 0 radical (unpaired) electrons. The number of nitrogens with two attached hydrogens (primary N) is 1. The maximum atomic E-state index is 11.6. The minimum atomic E-state index is -1.25. The van der Waals surface area contributed by atoms with Crippen molar-refractivity contribution >= 4 is 0 Å². The number of aliphatic hydroxyl groups is 2. The van der Waals surface area contributed by atoms with Crippen LogP contribution in [0.5, 0.6) is 0 Å². The molecule has 1 saturated heterocycles. The summed E-state index contributed by atoms with van der Waals surface area (Å²) in [5, 5.41) is 19.0. The van der Waals surface area contributed by atoms with Crippen LogP contribution in [-0.4, -0.2) is 44.1 Å². The minimum Gasteiger partial charge on any atom is -0.394 e. The number of hydrogen-bond acceptors (Lipinski definition) is 6. The van der Waals surface area contributed by atoms with Crippen molar-refractivity contribution in [3.8, 4) is 0 Å². The van der Waals surface area contributed by atoms with Crippen LogP contribution in [0.4, 0.5) is 0 Å². The molecule has 1 aliphatic heterocycles. The normalized spacial score (nSPS) is 35.9. The van der Waals surface area contributed by atoms with Gasteiger partial charge < -0.3 is 20.7 Å². The Morgan fingerprint density at radius 1 is 1.61 bits per heavy atom. The van der Waals surface area contributed by atoms with Crippen molar-refractivity contribution in [3.63, 3.8) is 0 Å². The maximum Gasteiger partial charge on any atom is 0.330 e. The van der Waals surface area contributed by atoms with Crippen molar-refractivity contribution in [2.75, 3.05) is 6.61 Å². The molecule has 8 nitrogen and oxygen atoms in total. The predicted octanol–water partition coefficient (Wildman–Crippen LogP) is -2.50. The second-order valence-corrected chi connectivity index (χ2v) is 4.54. The molecule has 0 aromatic carbocycles. The van der Waals surface area contributed by atoms with Gasteiger partial charge in [0.05, 0.1) is 12.1 Å². The van der Waals surface area contributed by atoms with Gasteiger partial charge >= 0.3 is 5.69 Å². The fraction of sp³-hybridized carbons (Fsp3) is 0.600. The van der Waals surface area contributed by atoms with Crippen molar-refractivity contribution in [1.29, 1.82) is 0 Å². The van der Waals surface area contributed by atoms with E-state index in [1.807, 2.05) is 0 Å². The minimum absolute atomic E-state index is 0.414. The lowest BCUT2D eigenvalue weighted by Gasteiger charge is -2.28.